The summed E-state index contributed by atoms with van der Waals surface area (Å²) in [4.78, 5) is 42.8. The molecule has 0 spiro atoms. The number of H-pyrrole nitrogens is 1. The predicted octanol–water partition coefficient (Wildman–Crippen LogP) is 2.72. The van der Waals surface area contributed by atoms with E-state index in [4.69, 9.17) is 0 Å². The molecule has 0 fully saturated rings. The highest BCUT2D eigenvalue weighted by molar-refractivity contribution is 5.93. The highest BCUT2D eigenvalue weighted by atomic mass is 16.5. The maximum Gasteiger partial charge on any atom is 0.326 e. The fourth-order valence-electron chi connectivity index (χ4n) is 3.58. The number of rotatable bonds is 8. The van der Waals surface area contributed by atoms with Crippen molar-refractivity contribution < 1.29 is 19.6 Å². The van der Waals surface area contributed by atoms with Crippen molar-refractivity contribution in [3.63, 3.8) is 0 Å². The number of nitrogens with zero attached hydrogens (tertiary/aromatic N) is 1. The third kappa shape index (κ3) is 5.89. The molecule has 0 saturated heterocycles. The number of hydrogen-bond donors (Lipinski definition) is 5. The minimum absolute atomic E-state index is 0.159. The smallest absolute Gasteiger partial charge is 0.326 e. The molecule has 3 rings (SSSR count). The molecule has 9 nitrogen and oxygen atoms in total. The second-order valence-electron chi connectivity index (χ2n) is 7.89. The number of allylic oxidation sites excluding steroid dienone is 4. The van der Waals surface area contributed by atoms with Crippen LogP contribution in [0.1, 0.15) is 25.8 Å². The summed E-state index contributed by atoms with van der Waals surface area (Å²) in [5, 5.41) is 15.6. The molecule has 33 heavy (non-hydrogen) atoms. The van der Waals surface area contributed by atoms with Crippen molar-refractivity contribution in [3.8, 4) is 0 Å². The first-order valence-corrected chi connectivity index (χ1v) is 10.8. The molecule has 0 radical (unpaired) electrons. The standard InChI is InChI=1S/C24H29N5O4/c1-3-16(2)21(27-24(32)29-12-8-4-5-9-13-29)23(31)26-20(22(30)28-33)14-17-15-25-19-11-7-6-10-18(17)19/h4-13,15-16,20-21,25,33H,3,14H2,1-2H3,(H,26,31)(H,27,32)(H,28,30)/t16-,20-,21-/m0/s1. The van der Waals surface area contributed by atoms with Gasteiger partial charge in [-0.15, -0.1) is 0 Å². The quantitative estimate of drug-likeness (QED) is 0.312. The number of urea groups is 1. The molecule has 2 aromatic rings. The Morgan fingerprint density at radius 3 is 2.39 bits per heavy atom. The summed E-state index contributed by atoms with van der Waals surface area (Å²) < 4.78 is 0. The van der Waals surface area contributed by atoms with E-state index in [0.717, 1.165) is 16.5 Å². The first kappa shape index (κ1) is 23.8. The van der Waals surface area contributed by atoms with Crippen molar-refractivity contribution >= 4 is 28.7 Å². The van der Waals surface area contributed by atoms with Crippen molar-refractivity contribution in [1.29, 1.82) is 0 Å². The maximum absolute atomic E-state index is 13.2. The molecule has 0 unspecified atom stereocenters. The van der Waals surface area contributed by atoms with Crippen molar-refractivity contribution in [1.82, 2.24) is 26.0 Å². The Balaban J connectivity index is 1.77. The highest BCUT2D eigenvalue weighted by Gasteiger charge is 2.31. The van der Waals surface area contributed by atoms with Gasteiger partial charge >= 0.3 is 6.03 Å². The van der Waals surface area contributed by atoms with Crippen LogP contribution >= 0.6 is 0 Å². The van der Waals surface area contributed by atoms with Crippen LogP contribution in [0.2, 0.25) is 0 Å². The van der Waals surface area contributed by atoms with Crippen LogP contribution in [-0.2, 0) is 16.0 Å². The molecule has 174 valence electrons. The Morgan fingerprint density at radius 1 is 1.03 bits per heavy atom. The number of hydrogen-bond acceptors (Lipinski definition) is 4. The average Bonchev–Trinajstić information content (AvgIpc) is 3.04. The van der Waals surface area contributed by atoms with Crippen LogP contribution in [0.5, 0.6) is 0 Å². The number of benzene rings is 1. The Kier molecular flexibility index (Phi) is 8.04. The summed E-state index contributed by atoms with van der Waals surface area (Å²) in [5.74, 6) is -1.45. The van der Waals surface area contributed by atoms with E-state index in [1.807, 2.05) is 38.1 Å². The monoisotopic (exact) mass is 451 g/mol. The zero-order valence-corrected chi connectivity index (χ0v) is 18.6. The van der Waals surface area contributed by atoms with Gasteiger partial charge in [0.25, 0.3) is 5.91 Å². The number of nitrogens with one attached hydrogen (secondary N) is 4. The van der Waals surface area contributed by atoms with Gasteiger partial charge in [-0.1, -0.05) is 50.6 Å². The molecule has 5 N–H and O–H groups in total. The second kappa shape index (κ2) is 11.1. The molecule has 1 aromatic heterocycles. The van der Waals surface area contributed by atoms with E-state index in [0.29, 0.717) is 6.42 Å². The Morgan fingerprint density at radius 2 is 1.73 bits per heavy atom. The number of amides is 4. The molecule has 1 aromatic carbocycles. The van der Waals surface area contributed by atoms with Crippen LogP contribution in [-0.4, -0.2) is 45.0 Å². The summed E-state index contributed by atoms with van der Waals surface area (Å²) in [5.41, 5.74) is 3.35. The fraction of sp³-hybridized carbons (Fsp3) is 0.292. The minimum atomic E-state index is -1.03. The van der Waals surface area contributed by atoms with Gasteiger partial charge in [0, 0.05) is 35.9 Å². The highest BCUT2D eigenvalue weighted by Crippen LogP contribution is 2.19. The van der Waals surface area contributed by atoms with E-state index in [-0.39, 0.29) is 12.3 Å². The lowest BCUT2D eigenvalue weighted by Gasteiger charge is -2.27. The van der Waals surface area contributed by atoms with Crippen LogP contribution in [0, 0.1) is 5.92 Å². The van der Waals surface area contributed by atoms with E-state index in [2.05, 4.69) is 15.6 Å². The van der Waals surface area contributed by atoms with Gasteiger partial charge in [0.05, 0.1) is 0 Å². The number of aromatic amines is 1. The summed E-state index contributed by atoms with van der Waals surface area (Å²) in [6.07, 6.45) is 12.7. The van der Waals surface area contributed by atoms with E-state index in [1.165, 1.54) is 4.90 Å². The summed E-state index contributed by atoms with van der Waals surface area (Å²) in [6.45, 7) is 3.76. The van der Waals surface area contributed by atoms with Crippen molar-refractivity contribution in [2.75, 3.05) is 0 Å². The summed E-state index contributed by atoms with van der Waals surface area (Å²) in [6, 6.07) is 5.22. The third-order valence-corrected chi connectivity index (χ3v) is 5.68. The van der Waals surface area contributed by atoms with Crippen molar-refractivity contribution in [2.24, 2.45) is 5.92 Å². The van der Waals surface area contributed by atoms with Crippen LogP contribution in [0.4, 0.5) is 4.79 Å². The molecular formula is C24H29N5O4. The van der Waals surface area contributed by atoms with Gasteiger partial charge in [-0.05, 0) is 29.7 Å². The Hall–Kier alpha value is -3.85. The number of fused-ring (bicyclic) bond motifs is 1. The molecule has 1 aliphatic rings. The molecule has 4 amide bonds. The largest absolute Gasteiger partial charge is 0.361 e. The maximum atomic E-state index is 13.2. The predicted molar refractivity (Wildman–Crippen MR) is 125 cm³/mol. The molecule has 0 aliphatic carbocycles. The van der Waals surface area contributed by atoms with E-state index in [1.54, 1.807) is 48.4 Å². The van der Waals surface area contributed by atoms with Crippen molar-refractivity contribution in [2.45, 2.75) is 38.8 Å². The number of carbonyl (C=O) groups is 3. The number of hydroxylamine groups is 1. The van der Waals surface area contributed by atoms with Crippen molar-refractivity contribution in [3.05, 3.63) is 72.7 Å². The SMILES string of the molecule is CC[C@H](C)[C@H](NC(=O)N1C=CC=CC=C1)C(=O)N[C@@H](Cc1c[nH]c2ccccc12)C(=O)NO. The second-order valence-corrected chi connectivity index (χ2v) is 7.89. The molecule has 3 atom stereocenters. The fourth-order valence-corrected chi connectivity index (χ4v) is 3.58. The van der Waals surface area contributed by atoms with Gasteiger partial charge in [0.1, 0.15) is 12.1 Å². The van der Waals surface area contributed by atoms with Crippen LogP contribution < -0.4 is 16.1 Å². The van der Waals surface area contributed by atoms with Gasteiger partial charge < -0.3 is 15.6 Å². The number of para-hydroxylation sites is 1. The average molecular weight is 452 g/mol. The molecule has 9 heteroatoms. The lowest BCUT2D eigenvalue weighted by molar-refractivity contribution is -0.135. The summed E-state index contributed by atoms with van der Waals surface area (Å²) >= 11 is 0. The minimum Gasteiger partial charge on any atom is -0.361 e. The van der Waals surface area contributed by atoms with Gasteiger partial charge in [-0.25, -0.2) is 10.3 Å². The zero-order valence-electron chi connectivity index (χ0n) is 18.6. The van der Waals surface area contributed by atoms with E-state index < -0.39 is 29.9 Å². The van der Waals surface area contributed by atoms with Crippen LogP contribution in [0.25, 0.3) is 10.9 Å². The zero-order chi connectivity index (χ0) is 23.8. The topological polar surface area (TPSA) is 127 Å². The lowest BCUT2D eigenvalue weighted by Crippen LogP contribution is -2.57. The third-order valence-electron chi connectivity index (χ3n) is 5.68. The molecule has 0 bridgehead atoms. The molecule has 2 heterocycles. The van der Waals surface area contributed by atoms with Gasteiger partial charge in [0.15, 0.2) is 0 Å². The van der Waals surface area contributed by atoms with Gasteiger partial charge in [0.2, 0.25) is 5.91 Å². The van der Waals surface area contributed by atoms with Gasteiger partial charge in [-0.3, -0.25) is 19.7 Å². The molecule has 1 aliphatic heterocycles. The number of carbonyl (C=O) groups excluding carboxylic acids is 3. The Bertz CT molecular complexity index is 1070. The lowest BCUT2D eigenvalue weighted by atomic mass is 9.97. The van der Waals surface area contributed by atoms with E-state index in [9.17, 15) is 19.6 Å². The first-order chi connectivity index (χ1) is 15.9. The van der Waals surface area contributed by atoms with Crippen LogP contribution in [0.3, 0.4) is 0 Å². The Labute approximate surface area is 192 Å². The molecular weight excluding hydrogens is 422 g/mol. The van der Waals surface area contributed by atoms with Crippen LogP contribution in [0.15, 0.2) is 67.2 Å². The van der Waals surface area contributed by atoms with E-state index >= 15 is 0 Å². The normalized spacial score (nSPS) is 15.5. The summed E-state index contributed by atoms with van der Waals surface area (Å²) in [7, 11) is 0. The first-order valence-electron chi connectivity index (χ1n) is 10.8. The molecule has 0 saturated carbocycles. The van der Waals surface area contributed by atoms with Gasteiger partial charge in [-0.2, -0.15) is 0 Å². The number of aromatic nitrogens is 1.